The van der Waals surface area contributed by atoms with Crippen LogP contribution in [0.25, 0.3) is 11.4 Å². The second kappa shape index (κ2) is 3.86. The third-order valence-electron chi connectivity index (χ3n) is 2.64. The van der Waals surface area contributed by atoms with Gasteiger partial charge in [0, 0.05) is 0 Å². The highest BCUT2D eigenvalue weighted by Crippen LogP contribution is 2.32. The van der Waals surface area contributed by atoms with Gasteiger partial charge in [-0.15, -0.1) is 0 Å². The lowest BCUT2D eigenvalue weighted by Gasteiger charge is -2.15. The fraction of sp³-hybridized carbons (Fsp3) is 0. The highest BCUT2D eigenvalue weighted by Gasteiger charge is 2.32. The van der Waals surface area contributed by atoms with Crippen LogP contribution in [-0.2, 0) is 0 Å². The molecule has 6 heteroatoms. The van der Waals surface area contributed by atoms with E-state index in [0.717, 1.165) is 0 Å². The molecule has 2 aromatic heterocycles. The largest absolute Gasteiger partial charge is 0.285 e. The van der Waals surface area contributed by atoms with Crippen LogP contribution >= 0.6 is 23.2 Å². The van der Waals surface area contributed by atoms with Crippen molar-refractivity contribution in [3.63, 3.8) is 0 Å². The van der Waals surface area contributed by atoms with E-state index in [4.69, 9.17) is 23.2 Å². The molecule has 1 aliphatic carbocycles. The Bertz CT molecular complexity index is 652. The molecule has 2 aromatic rings. The number of nitrogens with zero attached hydrogens (tertiary/aromatic N) is 2. The highest BCUT2D eigenvalue weighted by atomic mass is 35.5. The van der Waals surface area contributed by atoms with E-state index < -0.39 is 11.6 Å². The summed E-state index contributed by atoms with van der Waals surface area (Å²) in [4.78, 5) is 31.9. The van der Waals surface area contributed by atoms with E-state index in [1.54, 1.807) is 0 Å². The van der Waals surface area contributed by atoms with Crippen molar-refractivity contribution in [3.05, 3.63) is 45.7 Å². The first-order chi connectivity index (χ1) is 8.58. The molecule has 0 aliphatic heterocycles. The molecular weight excluding hydrogens is 275 g/mol. The molecule has 4 nitrogen and oxygen atoms in total. The highest BCUT2D eigenvalue weighted by molar-refractivity contribution is 6.52. The van der Waals surface area contributed by atoms with Gasteiger partial charge in [-0.3, -0.25) is 9.59 Å². The lowest BCUT2D eigenvalue weighted by molar-refractivity contribution is 0.0814. The number of ketones is 2. The topological polar surface area (TPSA) is 59.9 Å². The smallest absolute Gasteiger partial charge is 0.235 e. The first kappa shape index (κ1) is 11.3. The van der Waals surface area contributed by atoms with Crippen LogP contribution in [-0.4, -0.2) is 21.5 Å². The third kappa shape index (κ3) is 1.54. The van der Waals surface area contributed by atoms with Gasteiger partial charge in [0.2, 0.25) is 11.6 Å². The molecule has 0 amide bonds. The Balaban J connectivity index is 2.40. The molecule has 0 bridgehead atoms. The zero-order chi connectivity index (χ0) is 12.9. The number of halogens is 2. The van der Waals surface area contributed by atoms with Crippen molar-refractivity contribution in [1.82, 2.24) is 9.97 Å². The van der Waals surface area contributed by atoms with E-state index in [2.05, 4.69) is 9.97 Å². The maximum Gasteiger partial charge on any atom is 0.235 e. The third-order valence-corrected chi connectivity index (χ3v) is 3.06. The maximum atomic E-state index is 11.9. The molecule has 1 aliphatic rings. The van der Waals surface area contributed by atoms with Crippen molar-refractivity contribution in [3.8, 4) is 11.4 Å². The Morgan fingerprint density at radius 1 is 0.722 bits per heavy atom. The number of rotatable bonds is 0. The summed E-state index contributed by atoms with van der Waals surface area (Å²) in [7, 11) is 0. The van der Waals surface area contributed by atoms with Crippen LogP contribution in [0.3, 0.4) is 0 Å². The quantitative estimate of drug-likeness (QED) is 0.549. The van der Waals surface area contributed by atoms with Crippen molar-refractivity contribution in [2.45, 2.75) is 0 Å². The summed E-state index contributed by atoms with van der Waals surface area (Å²) in [6.45, 7) is 0. The Labute approximate surface area is 112 Å². The summed E-state index contributed by atoms with van der Waals surface area (Å²) in [6.07, 6.45) is 0. The average molecular weight is 279 g/mol. The Kier molecular flexibility index (Phi) is 2.43. The Hall–Kier alpha value is -1.78. The van der Waals surface area contributed by atoms with Crippen LogP contribution in [0.4, 0.5) is 0 Å². The predicted molar refractivity (Wildman–Crippen MR) is 66.1 cm³/mol. The molecular formula is C12H4Cl2N2O2. The predicted octanol–water partition coefficient (Wildman–Crippen LogP) is 2.83. The first-order valence-electron chi connectivity index (χ1n) is 5.00. The molecule has 88 valence electrons. The number of fused-ring (bicyclic) bond motifs is 3. The second-order valence-electron chi connectivity index (χ2n) is 3.72. The van der Waals surface area contributed by atoms with Gasteiger partial charge in [-0.2, -0.15) is 0 Å². The van der Waals surface area contributed by atoms with Crippen LogP contribution in [0, 0.1) is 0 Å². The lowest BCUT2D eigenvalue weighted by atomic mass is 9.91. The molecule has 0 N–H and O–H groups in total. The van der Waals surface area contributed by atoms with Crippen molar-refractivity contribution >= 4 is 34.8 Å². The zero-order valence-corrected chi connectivity index (χ0v) is 10.3. The Morgan fingerprint density at radius 3 is 1.50 bits per heavy atom. The summed E-state index contributed by atoms with van der Waals surface area (Å²) in [5.74, 6) is -1.21. The molecule has 0 atom stereocenters. The first-order valence-corrected chi connectivity index (χ1v) is 5.76. The number of aromatic nitrogens is 2. The van der Waals surface area contributed by atoms with E-state index in [9.17, 15) is 9.59 Å². The summed E-state index contributed by atoms with van der Waals surface area (Å²) in [5, 5.41) is 0.451. The van der Waals surface area contributed by atoms with E-state index in [0.29, 0.717) is 11.4 Å². The van der Waals surface area contributed by atoms with Crippen LogP contribution in [0.15, 0.2) is 24.3 Å². The minimum Gasteiger partial charge on any atom is -0.285 e. The molecule has 0 saturated carbocycles. The number of carbonyl (C=O) groups is 2. The lowest BCUT2D eigenvalue weighted by Crippen LogP contribution is -2.22. The van der Waals surface area contributed by atoms with E-state index >= 15 is 0 Å². The van der Waals surface area contributed by atoms with Gasteiger partial charge in [0.1, 0.15) is 21.7 Å². The van der Waals surface area contributed by atoms with Gasteiger partial charge in [0.25, 0.3) is 0 Å². The van der Waals surface area contributed by atoms with Crippen LogP contribution in [0.1, 0.15) is 20.7 Å². The van der Waals surface area contributed by atoms with Crippen molar-refractivity contribution in [1.29, 1.82) is 0 Å². The number of hydrogen-bond acceptors (Lipinski definition) is 4. The molecule has 0 aromatic carbocycles. The summed E-state index contributed by atoms with van der Waals surface area (Å²) < 4.78 is 0. The second-order valence-corrected chi connectivity index (χ2v) is 4.49. The molecule has 18 heavy (non-hydrogen) atoms. The van der Waals surface area contributed by atoms with Gasteiger partial charge >= 0.3 is 0 Å². The molecule has 0 radical (unpaired) electrons. The Morgan fingerprint density at radius 2 is 1.11 bits per heavy atom. The van der Waals surface area contributed by atoms with Gasteiger partial charge in [-0.05, 0) is 24.3 Å². The summed E-state index contributed by atoms with van der Waals surface area (Å²) >= 11 is 11.6. The average Bonchev–Trinajstić information content (AvgIpc) is 2.36. The van der Waals surface area contributed by atoms with Crippen LogP contribution in [0.5, 0.6) is 0 Å². The van der Waals surface area contributed by atoms with Crippen molar-refractivity contribution in [2.75, 3.05) is 0 Å². The minimum atomic E-state index is -0.606. The van der Waals surface area contributed by atoms with Gasteiger partial charge < -0.3 is 0 Å². The normalized spacial score (nSPS) is 13.2. The standard InChI is InChI=1S/C12H4Cl2N2O2/c13-7-3-1-5-9(15-7)10-6(12(18)11(5)17)2-4-8(14)16-10/h1-4H. The van der Waals surface area contributed by atoms with Gasteiger partial charge in [-0.25, -0.2) is 9.97 Å². The number of pyridine rings is 2. The number of Topliss-reactive ketones (excluding diaryl/α,β-unsaturated/α-hetero) is 2. The van der Waals surface area contributed by atoms with Crippen molar-refractivity contribution < 1.29 is 9.59 Å². The van der Waals surface area contributed by atoms with E-state index in [-0.39, 0.29) is 21.4 Å². The van der Waals surface area contributed by atoms with Gasteiger partial charge in [0.15, 0.2) is 0 Å². The maximum absolute atomic E-state index is 11.9. The van der Waals surface area contributed by atoms with Crippen LogP contribution < -0.4 is 0 Å². The van der Waals surface area contributed by atoms with Gasteiger partial charge in [-0.1, -0.05) is 23.2 Å². The molecule has 0 fully saturated rings. The number of hydrogen-bond donors (Lipinski definition) is 0. The fourth-order valence-corrected chi connectivity index (χ4v) is 2.14. The molecule has 0 saturated heterocycles. The van der Waals surface area contributed by atoms with Crippen LogP contribution in [0.2, 0.25) is 10.3 Å². The summed E-state index contributed by atoms with van der Waals surface area (Å²) in [5.41, 5.74) is 0.993. The van der Waals surface area contributed by atoms with Crippen molar-refractivity contribution in [2.24, 2.45) is 0 Å². The number of carbonyl (C=O) groups excluding carboxylic acids is 2. The van der Waals surface area contributed by atoms with Gasteiger partial charge in [0.05, 0.1) is 11.1 Å². The minimum absolute atomic E-state index is 0.201. The van der Waals surface area contributed by atoms with E-state index in [1.165, 1.54) is 24.3 Å². The SMILES string of the molecule is O=C1C(=O)c2ccc(Cl)nc2-c2nc(Cl)ccc21. The van der Waals surface area contributed by atoms with E-state index in [1.807, 2.05) is 0 Å². The molecule has 2 heterocycles. The molecule has 3 rings (SSSR count). The monoisotopic (exact) mass is 278 g/mol. The molecule has 0 unspecified atom stereocenters. The fourth-order valence-electron chi connectivity index (χ4n) is 1.84. The summed E-state index contributed by atoms with van der Waals surface area (Å²) in [6, 6.07) is 5.86. The zero-order valence-electron chi connectivity index (χ0n) is 8.78. The molecule has 0 spiro atoms.